The predicted molar refractivity (Wildman–Crippen MR) is 92.2 cm³/mol. The first-order chi connectivity index (χ1) is 11.0. The topological polar surface area (TPSA) is 66.4 Å². The fraction of sp³-hybridized carbons (Fsp3) is 0.111. The Labute approximate surface area is 135 Å². The first-order valence-electron chi connectivity index (χ1n) is 7.34. The third kappa shape index (κ3) is 3.00. The maximum atomic E-state index is 12.6. The quantitative estimate of drug-likeness (QED) is 0.763. The minimum absolute atomic E-state index is 0.121. The number of rotatable bonds is 4. The Morgan fingerprint density at radius 2 is 1.57 bits per heavy atom. The predicted octanol–water partition coefficient (Wildman–Crippen LogP) is 3.91. The largest absolute Gasteiger partial charge is 0.507 e. The van der Waals surface area contributed by atoms with Crippen LogP contribution >= 0.6 is 0 Å². The molecule has 4 nitrogen and oxygen atoms in total. The molecule has 0 atom stereocenters. The van der Waals surface area contributed by atoms with E-state index in [2.05, 4.69) is 4.72 Å². The normalized spacial score (nSPS) is 11.5. The Kier molecular flexibility index (Phi) is 3.96. The van der Waals surface area contributed by atoms with Crippen molar-refractivity contribution in [1.29, 1.82) is 0 Å². The average Bonchev–Trinajstić information content (AvgIpc) is 2.56. The number of fused-ring (bicyclic) bond motifs is 1. The monoisotopic (exact) mass is 327 g/mol. The lowest BCUT2D eigenvalue weighted by molar-refractivity contribution is 0.481. The molecule has 0 aliphatic heterocycles. The second kappa shape index (κ2) is 5.93. The molecule has 0 aromatic heterocycles. The summed E-state index contributed by atoms with van der Waals surface area (Å²) in [6, 6.07) is 17.0. The molecule has 0 radical (unpaired) electrons. The van der Waals surface area contributed by atoms with E-state index in [-0.39, 0.29) is 10.6 Å². The highest BCUT2D eigenvalue weighted by Crippen LogP contribution is 2.31. The zero-order valence-electron chi connectivity index (χ0n) is 12.7. The van der Waals surface area contributed by atoms with Crippen LogP contribution in [0, 0.1) is 0 Å². The first kappa shape index (κ1) is 15.4. The molecule has 0 bridgehead atoms. The van der Waals surface area contributed by atoms with Gasteiger partial charge in [0.25, 0.3) is 10.0 Å². The minimum Gasteiger partial charge on any atom is -0.507 e. The number of aromatic hydroxyl groups is 1. The van der Waals surface area contributed by atoms with E-state index in [1.54, 1.807) is 48.5 Å². The van der Waals surface area contributed by atoms with Gasteiger partial charge in [-0.25, -0.2) is 8.42 Å². The molecular weight excluding hydrogens is 310 g/mol. The number of anilines is 1. The van der Waals surface area contributed by atoms with Gasteiger partial charge >= 0.3 is 0 Å². The van der Waals surface area contributed by atoms with Gasteiger partial charge in [0.15, 0.2) is 0 Å². The second-order valence-electron chi connectivity index (χ2n) is 5.28. The zero-order chi connectivity index (χ0) is 16.4. The molecule has 3 aromatic carbocycles. The molecule has 0 aliphatic rings. The van der Waals surface area contributed by atoms with Crippen molar-refractivity contribution in [3.05, 3.63) is 66.2 Å². The molecule has 0 aliphatic carbocycles. The van der Waals surface area contributed by atoms with Gasteiger partial charge in [0.1, 0.15) is 5.75 Å². The Hall–Kier alpha value is -2.53. The highest BCUT2D eigenvalue weighted by Gasteiger charge is 2.15. The van der Waals surface area contributed by atoms with E-state index >= 15 is 0 Å². The Bertz CT molecular complexity index is 948. The van der Waals surface area contributed by atoms with E-state index in [4.69, 9.17) is 0 Å². The van der Waals surface area contributed by atoms with Gasteiger partial charge in [-0.15, -0.1) is 0 Å². The van der Waals surface area contributed by atoms with Crippen LogP contribution in [0.1, 0.15) is 12.5 Å². The number of nitrogens with one attached hydrogen (secondary N) is 1. The third-order valence-electron chi connectivity index (χ3n) is 3.79. The summed E-state index contributed by atoms with van der Waals surface area (Å²) >= 11 is 0. The van der Waals surface area contributed by atoms with Crippen molar-refractivity contribution in [3.63, 3.8) is 0 Å². The van der Waals surface area contributed by atoms with E-state index in [1.165, 1.54) is 0 Å². The van der Waals surface area contributed by atoms with Gasteiger partial charge in [-0.2, -0.15) is 0 Å². The van der Waals surface area contributed by atoms with Crippen LogP contribution in [0.5, 0.6) is 5.75 Å². The molecule has 0 saturated heterocycles. The second-order valence-corrected chi connectivity index (χ2v) is 6.96. The van der Waals surface area contributed by atoms with E-state index in [9.17, 15) is 13.5 Å². The molecule has 0 heterocycles. The summed E-state index contributed by atoms with van der Waals surface area (Å²) in [6.45, 7) is 2.02. The fourth-order valence-electron chi connectivity index (χ4n) is 2.49. The Morgan fingerprint density at radius 1 is 0.913 bits per heavy atom. The zero-order valence-corrected chi connectivity index (χ0v) is 13.5. The maximum absolute atomic E-state index is 12.6. The summed E-state index contributed by atoms with van der Waals surface area (Å²) in [5.74, 6) is 0.121. The van der Waals surface area contributed by atoms with Crippen LogP contribution in [0.2, 0.25) is 0 Å². The average molecular weight is 327 g/mol. The third-order valence-corrected chi connectivity index (χ3v) is 5.17. The van der Waals surface area contributed by atoms with Crippen molar-refractivity contribution < 1.29 is 13.5 Å². The molecule has 0 saturated carbocycles. The molecule has 0 amide bonds. The van der Waals surface area contributed by atoms with Crippen LogP contribution in [-0.4, -0.2) is 13.5 Å². The molecule has 0 spiro atoms. The van der Waals surface area contributed by atoms with E-state index in [1.807, 2.05) is 19.1 Å². The number of benzene rings is 3. The molecule has 5 heteroatoms. The van der Waals surface area contributed by atoms with Crippen molar-refractivity contribution in [2.24, 2.45) is 0 Å². The minimum atomic E-state index is -3.67. The lowest BCUT2D eigenvalue weighted by Crippen LogP contribution is -2.13. The lowest BCUT2D eigenvalue weighted by Gasteiger charge is -2.11. The summed E-state index contributed by atoms with van der Waals surface area (Å²) in [7, 11) is -3.67. The van der Waals surface area contributed by atoms with Gasteiger partial charge in [0.2, 0.25) is 0 Å². The van der Waals surface area contributed by atoms with Gasteiger partial charge in [-0.3, -0.25) is 4.72 Å². The van der Waals surface area contributed by atoms with Crippen molar-refractivity contribution in [1.82, 2.24) is 0 Å². The highest BCUT2D eigenvalue weighted by molar-refractivity contribution is 7.92. The van der Waals surface area contributed by atoms with Crippen molar-refractivity contribution >= 4 is 26.5 Å². The smallest absolute Gasteiger partial charge is 0.261 e. The van der Waals surface area contributed by atoms with Crippen LogP contribution in [0.4, 0.5) is 5.69 Å². The molecule has 3 aromatic rings. The molecule has 118 valence electrons. The van der Waals surface area contributed by atoms with Gasteiger partial charge in [0.05, 0.1) is 10.6 Å². The molecule has 0 unspecified atom stereocenters. The number of phenols is 1. The Morgan fingerprint density at radius 3 is 2.26 bits per heavy atom. The summed E-state index contributed by atoms with van der Waals surface area (Å²) in [6.07, 6.45) is 0.857. The van der Waals surface area contributed by atoms with Crippen LogP contribution in [-0.2, 0) is 16.4 Å². The maximum Gasteiger partial charge on any atom is 0.261 e. The Balaban J connectivity index is 2.02. The molecule has 2 N–H and O–H groups in total. The van der Waals surface area contributed by atoms with E-state index in [0.717, 1.165) is 12.0 Å². The van der Waals surface area contributed by atoms with Crippen LogP contribution in [0.3, 0.4) is 0 Å². The van der Waals surface area contributed by atoms with Crippen molar-refractivity contribution in [3.8, 4) is 5.75 Å². The summed E-state index contributed by atoms with van der Waals surface area (Å²) in [4.78, 5) is 0.215. The van der Waals surface area contributed by atoms with Crippen molar-refractivity contribution in [2.75, 3.05) is 4.72 Å². The number of phenolic OH excluding ortho intramolecular Hbond substituents is 1. The lowest BCUT2D eigenvalue weighted by atomic mass is 10.1. The standard InChI is InChI=1S/C18H17NO3S/c1-2-13-9-11-14(12-10-13)23(21,22)19-17-7-3-6-16-15(17)5-4-8-18(16)20/h3-12,19-20H,2H2,1H3. The SMILES string of the molecule is CCc1ccc(S(=O)(=O)Nc2cccc3c(O)cccc23)cc1. The molecule has 0 fully saturated rings. The van der Waals surface area contributed by atoms with Crippen LogP contribution in [0.15, 0.2) is 65.6 Å². The number of sulfonamides is 1. The van der Waals surface area contributed by atoms with Gasteiger partial charge in [0, 0.05) is 10.8 Å². The van der Waals surface area contributed by atoms with Crippen LogP contribution in [0.25, 0.3) is 10.8 Å². The summed E-state index contributed by atoms with van der Waals surface area (Å²) in [5, 5.41) is 11.2. The number of hydrogen-bond donors (Lipinski definition) is 2. The molecule has 23 heavy (non-hydrogen) atoms. The van der Waals surface area contributed by atoms with E-state index < -0.39 is 10.0 Å². The molecule has 3 rings (SSSR count). The summed E-state index contributed by atoms with van der Waals surface area (Å²) in [5.41, 5.74) is 1.53. The number of hydrogen-bond acceptors (Lipinski definition) is 3. The fourth-order valence-corrected chi connectivity index (χ4v) is 3.57. The van der Waals surface area contributed by atoms with Gasteiger partial charge < -0.3 is 5.11 Å². The van der Waals surface area contributed by atoms with Gasteiger partial charge in [-0.1, -0.05) is 43.3 Å². The highest BCUT2D eigenvalue weighted by atomic mass is 32.2. The molecular formula is C18H17NO3S. The van der Waals surface area contributed by atoms with E-state index in [0.29, 0.717) is 16.5 Å². The van der Waals surface area contributed by atoms with Crippen LogP contribution < -0.4 is 4.72 Å². The number of aryl methyl sites for hydroxylation is 1. The summed E-state index contributed by atoms with van der Waals surface area (Å²) < 4.78 is 27.7. The first-order valence-corrected chi connectivity index (χ1v) is 8.82. The van der Waals surface area contributed by atoms with Gasteiger partial charge in [-0.05, 0) is 36.2 Å². The van der Waals surface area contributed by atoms with Crippen molar-refractivity contribution in [2.45, 2.75) is 18.2 Å².